The average Bonchev–Trinajstić information content (AvgIpc) is 3.71. The Labute approximate surface area is 251 Å². The minimum Gasteiger partial charge on any atom is -0.398 e. The van der Waals surface area contributed by atoms with Gasteiger partial charge in [0.1, 0.15) is 24.1 Å². The summed E-state index contributed by atoms with van der Waals surface area (Å²) >= 11 is 10.7. The number of rotatable bonds is 2. The van der Waals surface area contributed by atoms with Crippen molar-refractivity contribution < 1.29 is 37.4 Å². The van der Waals surface area contributed by atoms with Crippen LogP contribution in [0, 0.1) is 0 Å². The lowest BCUT2D eigenvalue weighted by atomic mass is 10.2. The second-order valence-corrected chi connectivity index (χ2v) is 15.7. The van der Waals surface area contributed by atoms with E-state index in [4.69, 9.17) is 62.6 Å². The summed E-state index contributed by atoms with van der Waals surface area (Å²) in [6, 6.07) is 3.51. The monoisotopic (exact) mass is 673 g/mol. The summed E-state index contributed by atoms with van der Waals surface area (Å²) < 4.78 is 38.5. The second kappa shape index (κ2) is 10.9. The average molecular weight is 674 g/mol. The van der Waals surface area contributed by atoms with E-state index in [9.17, 15) is 14.6 Å². The van der Waals surface area contributed by atoms with E-state index in [-0.39, 0.29) is 43.2 Å². The molecule has 0 radical (unpaired) electrons. The fourth-order valence-electron chi connectivity index (χ4n) is 5.35. The summed E-state index contributed by atoms with van der Waals surface area (Å²) in [6.07, 6.45) is -1.26. The molecule has 0 amide bonds. The number of nitrogens with zero attached hydrogens (tertiary/aromatic N) is 6. The van der Waals surface area contributed by atoms with Crippen molar-refractivity contribution in [3.63, 3.8) is 0 Å². The molecule has 8 atom stereocenters. The van der Waals surface area contributed by atoms with Gasteiger partial charge in [0, 0.05) is 36.3 Å². The zero-order valence-electron chi connectivity index (χ0n) is 21.9. The molecule has 22 heteroatoms. The van der Waals surface area contributed by atoms with Crippen molar-refractivity contribution in [2.75, 3.05) is 24.7 Å². The molecule has 0 saturated carbocycles. The van der Waals surface area contributed by atoms with Crippen molar-refractivity contribution in [2.45, 2.75) is 49.7 Å². The van der Waals surface area contributed by atoms with Crippen LogP contribution in [-0.4, -0.2) is 81.9 Å². The zero-order chi connectivity index (χ0) is 30.1. The Morgan fingerprint density at radius 1 is 1.00 bits per heavy atom. The van der Waals surface area contributed by atoms with Crippen LogP contribution < -0.4 is 17.0 Å². The topological polar surface area (TPSA) is 242 Å². The molecule has 0 aliphatic carbocycles. The van der Waals surface area contributed by atoms with Crippen LogP contribution in [0.15, 0.2) is 29.3 Å². The van der Waals surface area contributed by atoms with Gasteiger partial charge in [-0.3, -0.25) is 9.78 Å². The molecular weight excluding hydrogens is 648 g/mol. The van der Waals surface area contributed by atoms with Gasteiger partial charge in [0.25, 0.3) is 5.56 Å². The summed E-state index contributed by atoms with van der Waals surface area (Å²) in [5, 5.41) is 8.60. The van der Waals surface area contributed by atoms with Crippen molar-refractivity contribution in [2.24, 2.45) is 0 Å². The van der Waals surface area contributed by atoms with Gasteiger partial charge in [-0.15, -0.1) is 5.10 Å². The molecule has 3 aliphatic heterocycles. The Bertz CT molecular complexity index is 1870. The van der Waals surface area contributed by atoms with Gasteiger partial charge in [-0.2, -0.15) is 9.67 Å². The molecule has 4 aromatic heterocycles. The van der Waals surface area contributed by atoms with E-state index in [0.29, 0.717) is 11.3 Å². The molecular formula is C21H25N9O9P2S2. The number of H-pyrrole nitrogens is 1. The fourth-order valence-corrected chi connectivity index (χ4v) is 8.29. The van der Waals surface area contributed by atoms with Crippen LogP contribution in [0.4, 0.5) is 11.6 Å². The number of nitrogens with one attached hydrogen (secondary N) is 1. The molecule has 3 aliphatic rings. The number of anilines is 2. The van der Waals surface area contributed by atoms with E-state index in [1.54, 1.807) is 23.0 Å². The van der Waals surface area contributed by atoms with Crippen molar-refractivity contribution in [1.29, 1.82) is 0 Å². The second-order valence-electron chi connectivity index (χ2n) is 10.1. The molecule has 7 rings (SSSR count). The molecule has 0 spiro atoms. The summed E-state index contributed by atoms with van der Waals surface area (Å²) in [6.45, 7) is -8.23. The van der Waals surface area contributed by atoms with E-state index in [2.05, 4.69) is 25.3 Å². The number of hydrogen-bond acceptors (Lipinski definition) is 15. The molecule has 2 bridgehead atoms. The van der Waals surface area contributed by atoms with E-state index in [1.165, 1.54) is 4.68 Å². The van der Waals surface area contributed by atoms with Gasteiger partial charge in [0.2, 0.25) is 5.95 Å². The Kier molecular flexibility index (Phi) is 7.40. The zero-order valence-corrected chi connectivity index (χ0v) is 25.3. The van der Waals surface area contributed by atoms with Crippen molar-refractivity contribution >= 4 is 70.9 Å². The molecule has 7 N–H and O–H groups in total. The normalized spacial score (nSPS) is 35.4. The molecule has 230 valence electrons. The number of nitrogen functional groups attached to an aromatic ring is 2. The van der Waals surface area contributed by atoms with Gasteiger partial charge in [0.05, 0.1) is 25.4 Å². The van der Waals surface area contributed by atoms with Crippen molar-refractivity contribution in [1.82, 2.24) is 34.5 Å². The standard InChI is InChI=1S/C21H25N9O9P2S2/c22-11-1-3-24-17-10(11)2-4-29(17)15-6-12-14(37-15)8-35-41(33,43)39-13-5-9(7-34-40(32,42)38-12)36-20(13)30-18-16(27-28-30)19(31)26-21(23)25-18/h1-4,9,12-15,20H,5-8H2,(H2,22,24)(H,32,42)(H,33,43)(H3,23,25,26,31)/t9-,12-,13+,14+,15+,20+,40?,41?/m0/s1. The van der Waals surface area contributed by atoms with Crippen molar-refractivity contribution in [3.05, 3.63) is 34.9 Å². The van der Waals surface area contributed by atoms with Crippen LogP contribution in [0.2, 0.25) is 0 Å². The minimum absolute atomic E-state index is 0.0207. The van der Waals surface area contributed by atoms with E-state index < -0.39 is 55.9 Å². The smallest absolute Gasteiger partial charge is 0.325 e. The Morgan fingerprint density at radius 3 is 2.58 bits per heavy atom. The van der Waals surface area contributed by atoms with Gasteiger partial charge < -0.3 is 53.4 Å². The molecule has 0 aromatic carbocycles. The first-order chi connectivity index (χ1) is 20.5. The number of aromatic nitrogens is 7. The van der Waals surface area contributed by atoms with Crippen LogP contribution in [0.5, 0.6) is 0 Å². The lowest BCUT2D eigenvalue weighted by molar-refractivity contribution is -0.0635. The minimum atomic E-state index is -3.94. The summed E-state index contributed by atoms with van der Waals surface area (Å²) in [7, 11) is 0. The molecule has 18 nitrogen and oxygen atoms in total. The van der Waals surface area contributed by atoms with Gasteiger partial charge in [0.15, 0.2) is 17.4 Å². The predicted molar refractivity (Wildman–Crippen MR) is 156 cm³/mol. The van der Waals surface area contributed by atoms with E-state index >= 15 is 0 Å². The number of ether oxygens (including phenoxy) is 2. The van der Waals surface area contributed by atoms with Gasteiger partial charge in [-0.1, -0.05) is 5.21 Å². The number of hydrogen-bond donors (Lipinski definition) is 5. The highest BCUT2D eigenvalue weighted by Gasteiger charge is 2.46. The third-order valence-corrected chi connectivity index (χ3v) is 10.4. The van der Waals surface area contributed by atoms with Crippen LogP contribution in [0.3, 0.4) is 0 Å². The summed E-state index contributed by atoms with van der Waals surface area (Å²) in [5.41, 5.74) is 12.3. The molecule has 4 aromatic rings. The van der Waals surface area contributed by atoms with Gasteiger partial charge in [-0.05, 0) is 35.7 Å². The maximum Gasteiger partial charge on any atom is 0.325 e. The Hall–Kier alpha value is -2.45. The van der Waals surface area contributed by atoms with Crippen LogP contribution in [0.1, 0.15) is 25.3 Å². The highest BCUT2D eigenvalue weighted by atomic mass is 32.5. The number of fused-ring (bicyclic) bond motifs is 5. The lowest BCUT2D eigenvalue weighted by Gasteiger charge is -2.27. The third kappa shape index (κ3) is 5.63. The third-order valence-electron chi connectivity index (χ3n) is 7.24. The highest BCUT2D eigenvalue weighted by Crippen LogP contribution is 2.53. The summed E-state index contributed by atoms with van der Waals surface area (Å²) in [5.74, 6) is -0.163. The quantitative estimate of drug-likeness (QED) is 0.183. The first-order valence-electron chi connectivity index (χ1n) is 12.9. The first-order valence-corrected chi connectivity index (χ1v) is 18.1. The first kappa shape index (κ1) is 29.3. The largest absolute Gasteiger partial charge is 0.398 e. The maximum absolute atomic E-state index is 12.3. The maximum atomic E-state index is 12.3. The number of pyridine rings is 1. The lowest BCUT2D eigenvalue weighted by Crippen LogP contribution is -2.29. The van der Waals surface area contributed by atoms with E-state index in [0.717, 1.165) is 5.39 Å². The van der Waals surface area contributed by atoms with Gasteiger partial charge in [-0.25, -0.2) is 4.98 Å². The molecule has 7 heterocycles. The highest BCUT2D eigenvalue weighted by molar-refractivity contribution is 8.07. The van der Waals surface area contributed by atoms with Crippen LogP contribution in [-0.2, 0) is 51.2 Å². The van der Waals surface area contributed by atoms with Crippen LogP contribution in [0.25, 0.3) is 22.2 Å². The SMILES string of the molecule is Nc1nc2c(nnn2[C@@H]2O[C@@H]3COP(O)(=S)O[C@H]4C[C@H](n5ccc6c(N)ccnc65)O[C@@H]4COP(O)(=S)O[C@@H]2C3)c(=O)[nH]1. The molecule has 2 unspecified atom stereocenters. The Morgan fingerprint density at radius 2 is 1.77 bits per heavy atom. The fraction of sp³-hybridized carbons (Fsp3) is 0.476. The van der Waals surface area contributed by atoms with Gasteiger partial charge >= 0.3 is 13.4 Å². The number of nitrogens with two attached hydrogens (primary N) is 2. The van der Waals surface area contributed by atoms with Crippen LogP contribution >= 0.6 is 13.4 Å². The van der Waals surface area contributed by atoms with E-state index in [1.807, 2.05) is 6.07 Å². The molecule has 3 fully saturated rings. The summed E-state index contributed by atoms with van der Waals surface area (Å²) in [4.78, 5) is 45.2. The number of aromatic amines is 1. The predicted octanol–water partition coefficient (Wildman–Crippen LogP) is 0.555. The Balaban J connectivity index is 1.17. The molecule has 43 heavy (non-hydrogen) atoms. The van der Waals surface area contributed by atoms with Crippen molar-refractivity contribution in [3.8, 4) is 0 Å². The molecule has 3 saturated heterocycles.